The molecule has 0 aliphatic heterocycles. The number of nitrogens with one attached hydrogen (secondary N) is 1. The van der Waals surface area contributed by atoms with E-state index in [2.05, 4.69) is 11.4 Å². The highest BCUT2D eigenvalue weighted by molar-refractivity contribution is 5.80. The predicted molar refractivity (Wildman–Crippen MR) is 107 cm³/mol. The Balaban J connectivity index is 1.57. The number of rotatable bonds is 7. The van der Waals surface area contributed by atoms with Crippen LogP contribution in [0.15, 0.2) is 42.5 Å². The summed E-state index contributed by atoms with van der Waals surface area (Å²) in [6, 6.07) is 14.0. The number of aryl methyl sites for hydroxylation is 1. The van der Waals surface area contributed by atoms with Gasteiger partial charge in [0.2, 0.25) is 0 Å². The minimum atomic E-state index is -0.534. The van der Waals surface area contributed by atoms with Crippen LogP contribution in [0.5, 0.6) is 11.5 Å². The van der Waals surface area contributed by atoms with E-state index in [-0.39, 0.29) is 12.0 Å². The molecule has 1 aliphatic carbocycles. The molecule has 0 aromatic heterocycles. The Morgan fingerprint density at radius 3 is 2.63 bits per heavy atom. The van der Waals surface area contributed by atoms with Crippen LogP contribution in [0.1, 0.15) is 50.3 Å². The van der Waals surface area contributed by atoms with Crippen molar-refractivity contribution in [1.82, 2.24) is 5.32 Å². The molecular formula is C23H29NO3. The van der Waals surface area contributed by atoms with Gasteiger partial charge in [-0.15, -0.1) is 0 Å². The van der Waals surface area contributed by atoms with Gasteiger partial charge in [0.25, 0.3) is 5.91 Å². The average molecular weight is 367 g/mol. The molecule has 0 fully saturated rings. The van der Waals surface area contributed by atoms with E-state index < -0.39 is 6.10 Å². The monoisotopic (exact) mass is 367 g/mol. The SMILES string of the molecule is CC(C)Oc1cccc(CNC(=O)[C@@H](C)Oc2cccc3c2CCCC3)c1. The van der Waals surface area contributed by atoms with E-state index in [1.165, 1.54) is 24.0 Å². The molecule has 0 spiro atoms. The highest BCUT2D eigenvalue weighted by Gasteiger charge is 2.19. The number of benzene rings is 2. The van der Waals surface area contributed by atoms with Crippen molar-refractivity contribution >= 4 is 5.91 Å². The fraction of sp³-hybridized carbons (Fsp3) is 0.435. The maximum absolute atomic E-state index is 12.5. The largest absolute Gasteiger partial charge is 0.491 e. The molecule has 0 radical (unpaired) electrons. The second-order valence-corrected chi connectivity index (χ2v) is 7.39. The lowest BCUT2D eigenvalue weighted by Gasteiger charge is -2.22. The summed E-state index contributed by atoms with van der Waals surface area (Å²) >= 11 is 0. The van der Waals surface area contributed by atoms with Crippen LogP contribution in [0.4, 0.5) is 0 Å². The molecule has 1 N–H and O–H groups in total. The topological polar surface area (TPSA) is 47.6 Å². The molecule has 1 amide bonds. The van der Waals surface area contributed by atoms with Crippen molar-refractivity contribution in [2.45, 2.75) is 65.2 Å². The van der Waals surface area contributed by atoms with Gasteiger partial charge in [-0.2, -0.15) is 0 Å². The van der Waals surface area contributed by atoms with Crippen molar-refractivity contribution in [1.29, 1.82) is 0 Å². The number of hydrogen-bond donors (Lipinski definition) is 1. The first-order chi connectivity index (χ1) is 13.0. The lowest BCUT2D eigenvalue weighted by Crippen LogP contribution is -2.36. The standard InChI is InChI=1S/C23H29NO3/c1-16(2)26-20-11-6-8-18(14-20)15-24-23(25)17(3)27-22-13-7-10-19-9-4-5-12-21(19)22/h6-8,10-11,13-14,16-17H,4-5,9,12,15H2,1-3H3,(H,24,25)/t17-/m1/s1. The molecule has 0 saturated carbocycles. The summed E-state index contributed by atoms with van der Waals surface area (Å²) in [4.78, 5) is 12.5. The van der Waals surface area contributed by atoms with Crippen molar-refractivity contribution < 1.29 is 14.3 Å². The number of carbonyl (C=O) groups is 1. The van der Waals surface area contributed by atoms with Crippen LogP contribution in [0.3, 0.4) is 0 Å². The van der Waals surface area contributed by atoms with Gasteiger partial charge < -0.3 is 14.8 Å². The summed E-state index contributed by atoms with van der Waals surface area (Å²) in [5.41, 5.74) is 3.63. The molecule has 4 nitrogen and oxygen atoms in total. The minimum absolute atomic E-state index is 0.112. The van der Waals surface area contributed by atoms with E-state index in [4.69, 9.17) is 9.47 Å². The van der Waals surface area contributed by atoms with E-state index >= 15 is 0 Å². The van der Waals surface area contributed by atoms with Crippen LogP contribution in [0, 0.1) is 0 Å². The Labute approximate surface area is 161 Å². The summed E-state index contributed by atoms with van der Waals surface area (Å²) in [5, 5.41) is 2.96. The summed E-state index contributed by atoms with van der Waals surface area (Å²) < 4.78 is 11.7. The molecule has 0 saturated heterocycles. The number of hydrogen-bond acceptors (Lipinski definition) is 3. The maximum Gasteiger partial charge on any atom is 0.261 e. The van der Waals surface area contributed by atoms with Crippen molar-refractivity contribution in [3.8, 4) is 11.5 Å². The lowest BCUT2D eigenvalue weighted by molar-refractivity contribution is -0.127. The first kappa shape index (κ1) is 19.3. The van der Waals surface area contributed by atoms with Crippen LogP contribution in [0.2, 0.25) is 0 Å². The van der Waals surface area contributed by atoms with Crippen LogP contribution in [0.25, 0.3) is 0 Å². The zero-order valence-electron chi connectivity index (χ0n) is 16.5. The van der Waals surface area contributed by atoms with Gasteiger partial charge in [-0.3, -0.25) is 4.79 Å². The zero-order valence-corrected chi connectivity index (χ0v) is 16.5. The molecule has 2 aromatic rings. The maximum atomic E-state index is 12.5. The van der Waals surface area contributed by atoms with Gasteiger partial charge >= 0.3 is 0 Å². The second kappa shape index (κ2) is 8.94. The Morgan fingerprint density at radius 1 is 1.04 bits per heavy atom. The summed E-state index contributed by atoms with van der Waals surface area (Å²) in [7, 11) is 0. The minimum Gasteiger partial charge on any atom is -0.491 e. The van der Waals surface area contributed by atoms with Crippen molar-refractivity contribution in [3.63, 3.8) is 0 Å². The van der Waals surface area contributed by atoms with Crippen LogP contribution in [-0.2, 0) is 24.2 Å². The van der Waals surface area contributed by atoms with Gasteiger partial charge in [0.1, 0.15) is 11.5 Å². The summed E-state index contributed by atoms with van der Waals surface area (Å²) in [6.07, 6.45) is 4.13. The molecule has 27 heavy (non-hydrogen) atoms. The van der Waals surface area contributed by atoms with Gasteiger partial charge in [-0.25, -0.2) is 0 Å². The van der Waals surface area contributed by atoms with Crippen molar-refractivity contribution in [2.24, 2.45) is 0 Å². The van der Waals surface area contributed by atoms with E-state index in [1.807, 2.05) is 50.2 Å². The van der Waals surface area contributed by atoms with Gasteiger partial charge in [-0.05, 0) is 81.3 Å². The van der Waals surface area contributed by atoms with Crippen molar-refractivity contribution in [3.05, 3.63) is 59.2 Å². The van der Waals surface area contributed by atoms with Gasteiger partial charge in [-0.1, -0.05) is 24.3 Å². The average Bonchev–Trinajstić information content (AvgIpc) is 2.66. The second-order valence-electron chi connectivity index (χ2n) is 7.39. The molecule has 2 aromatic carbocycles. The van der Waals surface area contributed by atoms with E-state index in [9.17, 15) is 4.79 Å². The first-order valence-corrected chi connectivity index (χ1v) is 9.83. The summed E-state index contributed by atoms with van der Waals surface area (Å²) in [6.45, 7) is 6.25. The van der Waals surface area contributed by atoms with Gasteiger partial charge in [0.15, 0.2) is 6.10 Å². The van der Waals surface area contributed by atoms with Crippen LogP contribution < -0.4 is 14.8 Å². The quantitative estimate of drug-likeness (QED) is 0.787. The Morgan fingerprint density at radius 2 is 1.81 bits per heavy atom. The Kier molecular flexibility index (Phi) is 6.38. The Hall–Kier alpha value is -2.49. The molecule has 4 heteroatoms. The highest BCUT2D eigenvalue weighted by Crippen LogP contribution is 2.30. The molecule has 0 unspecified atom stereocenters. The van der Waals surface area contributed by atoms with Crippen LogP contribution >= 0.6 is 0 Å². The third-order valence-corrected chi connectivity index (χ3v) is 4.76. The van der Waals surface area contributed by atoms with Gasteiger partial charge in [0, 0.05) is 6.54 Å². The third-order valence-electron chi connectivity index (χ3n) is 4.76. The third kappa shape index (κ3) is 5.25. The fourth-order valence-electron chi connectivity index (χ4n) is 3.43. The predicted octanol–water partition coefficient (Wildman–Crippen LogP) is 4.44. The van der Waals surface area contributed by atoms with E-state index in [0.29, 0.717) is 6.54 Å². The zero-order chi connectivity index (χ0) is 19.2. The van der Waals surface area contributed by atoms with Crippen molar-refractivity contribution in [2.75, 3.05) is 0 Å². The normalized spacial score (nSPS) is 14.4. The highest BCUT2D eigenvalue weighted by atomic mass is 16.5. The first-order valence-electron chi connectivity index (χ1n) is 9.83. The Bertz CT molecular complexity index is 785. The van der Waals surface area contributed by atoms with Gasteiger partial charge in [0.05, 0.1) is 6.10 Å². The van der Waals surface area contributed by atoms with E-state index in [0.717, 1.165) is 29.9 Å². The molecule has 144 valence electrons. The number of fused-ring (bicyclic) bond motifs is 1. The number of amides is 1. The van der Waals surface area contributed by atoms with Crippen LogP contribution in [-0.4, -0.2) is 18.1 Å². The molecule has 3 rings (SSSR count). The molecule has 0 heterocycles. The lowest BCUT2D eigenvalue weighted by atomic mass is 9.91. The molecule has 1 aliphatic rings. The molecule has 0 bridgehead atoms. The summed E-state index contributed by atoms with van der Waals surface area (Å²) in [5.74, 6) is 1.55. The smallest absolute Gasteiger partial charge is 0.261 e. The number of ether oxygens (including phenoxy) is 2. The fourth-order valence-corrected chi connectivity index (χ4v) is 3.43. The molecular weight excluding hydrogens is 338 g/mol. The van der Waals surface area contributed by atoms with E-state index in [1.54, 1.807) is 6.92 Å². The number of carbonyl (C=O) groups excluding carboxylic acids is 1. The molecule has 1 atom stereocenters.